The molecule has 0 aromatic rings. The Balaban J connectivity index is 1.60. The van der Waals surface area contributed by atoms with Gasteiger partial charge in [0.25, 0.3) is 0 Å². The zero-order chi connectivity index (χ0) is 8.39. The lowest BCUT2D eigenvalue weighted by Crippen LogP contribution is -2.23. The van der Waals surface area contributed by atoms with Crippen LogP contribution in [0.1, 0.15) is 25.7 Å². The predicted octanol–water partition coefficient (Wildman–Crippen LogP) is 1.68. The molecule has 0 radical (unpaired) electrons. The maximum absolute atomic E-state index is 12.7. The Morgan fingerprint density at radius 1 is 1.25 bits per heavy atom. The van der Waals surface area contributed by atoms with Crippen molar-refractivity contribution in [3.05, 3.63) is 0 Å². The summed E-state index contributed by atoms with van der Waals surface area (Å²) in [4.78, 5) is 0. The van der Waals surface area contributed by atoms with Gasteiger partial charge in [-0.15, -0.1) is 0 Å². The van der Waals surface area contributed by atoms with Crippen LogP contribution in [0.25, 0.3) is 0 Å². The van der Waals surface area contributed by atoms with Crippen molar-refractivity contribution in [2.24, 2.45) is 0 Å². The van der Waals surface area contributed by atoms with Gasteiger partial charge in [0.15, 0.2) is 0 Å². The van der Waals surface area contributed by atoms with E-state index in [4.69, 9.17) is 9.47 Å². The summed E-state index contributed by atoms with van der Waals surface area (Å²) in [7, 11) is 0. The van der Waals surface area contributed by atoms with Crippen LogP contribution in [0.5, 0.6) is 0 Å². The molecular weight excluding hydrogens is 159 g/mol. The second kappa shape index (κ2) is 3.71. The molecule has 0 amide bonds. The summed E-state index contributed by atoms with van der Waals surface area (Å²) in [6.07, 6.45) is 3.17. The number of ether oxygens (including phenoxy) is 2. The molecule has 70 valence electrons. The third-order valence-electron chi connectivity index (χ3n) is 2.52. The monoisotopic (exact) mass is 174 g/mol. The first-order chi connectivity index (χ1) is 5.84. The fourth-order valence-corrected chi connectivity index (χ4v) is 1.60. The molecule has 1 unspecified atom stereocenters. The molecule has 1 atom stereocenters. The lowest BCUT2D eigenvalue weighted by Gasteiger charge is -2.23. The summed E-state index contributed by atoms with van der Waals surface area (Å²) in [6, 6.07) is 0. The van der Waals surface area contributed by atoms with Gasteiger partial charge in [-0.05, 0) is 25.7 Å². The van der Waals surface area contributed by atoms with Gasteiger partial charge in [-0.25, -0.2) is 4.39 Å². The van der Waals surface area contributed by atoms with Crippen LogP contribution in [0.4, 0.5) is 4.39 Å². The minimum atomic E-state index is -0.581. The number of halogens is 1. The van der Waals surface area contributed by atoms with Crippen LogP contribution in [-0.2, 0) is 9.47 Å². The number of hydrogen-bond donors (Lipinski definition) is 0. The Kier molecular flexibility index (Phi) is 2.61. The number of epoxide rings is 1. The van der Waals surface area contributed by atoms with Gasteiger partial charge in [0.2, 0.25) is 0 Å². The molecule has 1 saturated carbocycles. The van der Waals surface area contributed by atoms with E-state index in [1.165, 1.54) is 0 Å². The first-order valence-electron chi connectivity index (χ1n) is 4.72. The molecule has 2 aliphatic rings. The fraction of sp³-hybridized carbons (Fsp3) is 1.00. The van der Waals surface area contributed by atoms with Crippen molar-refractivity contribution >= 4 is 0 Å². The molecular formula is C9H15FO2. The van der Waals surface area contributed by atoms with E-state index in [0.29, 0.717) is 31.7 Å². The zero-order valence-electron chi connectivity index (χ0n) is 7.17. The molecule has 0 bridgehead atoms. The molecule has 1 saturated heterocycles. The standard InChI is InChI=1S/C9H15FO2/c10-7-1-3-8(4-2-7)11-5-9-6-12-9/h7-9H,1-6H2. The Labute approximate surface area is 72.0 Å². The van der Waals surface area contributed by atoms with Crippen molar-refractivity contribution in [1.82, 2.24) is 0 Å². The van der Waals surface area contributed by atoms with Gasteiger partial charge >= 0.3 is 0 Å². The maximum atomic E-state index is 12.7. The van der Waals surface area contributed by atoms with Gasteiger partial charge < -0.3 is 9.47 Å². The van der Waals surface area contributed by atoms with Crippen LogP contribution < -0.4 is 0 Å². The van der Waals surface area contributed by atoms with E-state index in [1.54, 1.807) is 0 Å². The van der Waals surface area contributed by atoms with E-state index in [-0.39, 0.29) is 0 Å². The van der Waals surface area contributed by atoms with E-state index in [2.05, 4.69) is 0 Å². The van der Waals surface area contributed by atoms with Gasteiger partial charge in [0.05, 0.1) is 19.3 Å². The van der Waals surface area contributed by atoms with Crippen molar-refractivity contribution in [3.63, 3.8) is 0 Å². The van der Waals surface area contributed by atoms with Crippen LogP contribution in [-0.4, -0.2) is 31.6 Å². The Bertz CT molecular complexity index is 139. The number of rotatable bonds is 3. The topological polar surface area (TPSA) is 21.8 Å². The number of hydrogen-bond acceptors (Lipinski definition) is 2. The summed E-state index contributed by atoms with van der Waals surface area (Å²) in [5.41, 5.74) is 0. The molecule has 1 aliphatic carbocycles. The van der Waals surface area contributed by atoms with Crippen molar-refractivity contribution in [2.75, 3.05) is 13.2 Å². The molecule has 2 nitrogen and oxygen atoms in total. The van der Waals surface area contributed by atoms with Crippen molar-refractivity contribution in [3.8, 4) is 0 Å². The maximum Gasteiger partial charge on any atom is 0.104 e. The highest BCUT2D eigenvalue weighted by atomic mass is 19.1. The SMILES string of the molecule is FC1CCC(OCC2CO2)CC1. The Morgan fingerprint density at radius 3 is 2.50 bits per heavy atom. The van der Waals surface area contributed by atoms with E-state index in [0.717, 1.165) is 19.4 Å². The van der Waals surface area contributed by atoms with Crippen LogP contribution in [0, 0.1) is 0 Å². The molecule has 12 heavy (non-hydrogen) atoms. The van der Waals surface area contributed by atoms with Crippen LogP contribution in [0.3, 0.4) is 0 Å². The first-order valence-corrected chi connectivity index (χ1v) is 4.72. The highest BCUT2D eigenvalue weighted by Crippen LogP contribution is 2.24. The third kappa shape index (κ3) is 2.42. The summed E-state index contributed by atoms with van der Waals surface area (Å²) < 4.78 is 23.3. The Hall–Kier alpha value is -0.150. The minimum Gasteiger partial charge on any atom is -0.375 e. The van der Waals surface area contributed by atoms with Gasteiger partial charge in [-0.1, -0.05) is 0 Å². The van der Waals surface area contributed by atoms with Crippen molar-refractivity contribution < 1.29 is 13.9 Å². The zero-order valence-corrected chi connectivity index (χ0v) is 7.17. The second-order valence-corrected chi connectivity index (χ2v) is 3.66. The third-order valence-corrected chi connectivity index (χ3v) is 2.52. The van der Waals surface area contributed by atoms with E-state index < -0.39 is 6.17 Å². The largest absolute Gasteiger partial charge is 0.375 e. The quantitative estimate of drug-likeness (QED) is 0.607. The average Bonchev–Trinajstić information content (AvgIpc) is 2.87. The lowest BCUT2D eigenvalue weighted by atomic mass is 9.96. The molecule has 2 fully saturated rings. The minimum absolute atomic E-state index is 0.293. The molecule has 0 aromatic carbocycles. The van der Waals surface area contributed by atoms with Crippen LogP contribution >= 0.6 is 0 Å². The van der Waals surface area contributed by atoms with E-state index in [9.17, 15) is 4.39 Å². The predicted molar refractivity (Wildman–Crippen MR) is 42.8 cm³/mol. The highest BCUT2D eigenvalue weighted by Gasteiger charge is 2.26. The van der Waals surface area contributed by atoms with Gasteiger partial charge in [0.1, 0.15) is 12.3 Å². The normalized spacial score (nSPS) is 41.2. The van der Waals surface area contributed by atoms with Gasteiger partial charge in [0, 0.05) is 0 Å². The lowest BCUT2D eigenvalue weighted by molar-refractivity contribution is 0.00605. The molecule has 1 aliphatic heterocycles. The van der Waals surface area contributed by atoms with Gasteiger partial charge in [-0.3, -0.25) is 0 Å². The first kappa shape index (κ1) is 8.45. The molecule has 0 spiro atoms. The van der Waals surface area contributed by atoms with Gasteiger partial charge in [-0.2, -0.15) is 0 Å². The molecule has 1 heterocycles. The van der Waals surface area contributed by atoms with Crippen molar-refractivity contribution in [1.29, 1.82) is 0 Å². The smallest absolute Gasteiger partial charge is 0.104 e. The summed E-state index contributed by atoms with van der Waals surface area (Å²) in [5.74, 6) is 0. The molecule has 0 aromatic heterocycles. The summed E-state index contributed by atoms with van der Waals surface area (Å²) in [6.45, 7) is 1.56. The molecule has 0 N–H and O–H groups in total. The summed E-state index contributed by atoms with van der Waals surface area (Å²) in [5, 5.41) is 0. The highest BCUT2D eigenvalue weighted by molar-refractivity contribution is 4.74. The summed E-state index contributed by atoms with van der Waals surface area (Å²) >= 11 is 0. The molecule has 2 rings (SSSR count). The van der Waals surface area contributed by atoms with Crippen molar-refractivity contribution in [2.45, 2.75) is 44.1 Å². The van der Waals surface area contributed by atoms with E-state index in [1.807, 2.05) is 0 Å². The molecule has 3 heteroatoms. The number of alkyl halides is 1. The fourth-order valence-electron chi connectivity index (χ4n) is 1.60. The Morgan fingerprint density at radius 2 is 1.92 bits per heavy atom. The van der Waals surface area contributed by atoms with Crippen LogP contribution in [0.2, 0.25) is 0 Å². The van der Waals surface area contributed by atoms with E-state index >= 15 is 0 Å². The van der Waals surface area contributed by atoms with Crippen LogP contribution in [0.15, 0.2) is 0 Å². The average molecular weight is 174 g/mol. The second-order valence-electron chi connectivity index (χ2n) is 3.66.